The van der Waals surface area contributed by atoms with E-state index in [0.717, 1.165) is 0 Å². The van der Waals surface area contributed by atoms with E-state index in [1.54, 1.807) is 6.07 Å². The molecule has 0 unspecified atom stereocenters. The zero-order chi connectivity index (χ0) is 12.3. The van der Waals surface area contributed by atoms with Crippen molar-refractivity contribution < 1.29 is 9.13 Å². The highest BCUT2D eigenvalue weighted by Gasteiger charge is 2.09. The number of benzene rings is 1. The Morgan fingerprint density at radius 3 is 2.88 bits per heavy atom. The molecule has 0 saturated carbocycles. The fourth-order valence-corrected chi connectivity index (χ4v) is 1.44. The molecule has 17 heavy (non-hydrogen) atoms. The van der Waals surface area contributed by atoms with Gasteiger partial charge < -0.3 is 4.74 Å². The number of methoxy groups -OCH3 is 1. The van der Waals surface area contributed by atoms with Crippen LogP contribution in [-0.2, 0) is 0 Å². The van der Waals surface area contributed by atoms with Crippen LogP contribution in [0.25, 0.3) is 11.3 Å². The Labute approximate surface area is 97.3 Å². The normalized spacial score (nSPS) is 9.71. The van der Waals surface area contributed by atoms with E-state index in [2.05, 4.69) is 9.97 Å². The van der Waals surface area contributed by atoms with Gasteiger partial charge in [-0.05, 0) is 24.3 Å². The Hall–Kier alpha value is -2.48. The van der Waals surface area contributed by atoms with Crippen molar-refractivity contribution in [3.63, 3.8) is 0 Å². The minimum atomic E-state index is -0.391. The number of nitrogens with zero attached hydrogens (tertiary/aromatic N) is 3. The van der Waals surface area contributed by atoms with Gasteiger partial charge in [0.15, 0.2) is 0 Å². The largest absolute Gasteiger partial charge is 0.496 e. The summed E-state index contributed by atoms with van der Waals surface area (Å²) in [5.74, 6) is 0.140. The maximum absolute atomic E-state index is 13.2. The second kappa shape index (κ2) is 4.58. The highest BCUT2D eigenvalue weighted by Crippen LogP contribution is 2.28. The minimum absolute atomic E-state index is 0.0359. The second-order valence-electron chi connectivity index (χ2n) is 3.22. The van der Waals surface area contributed by atoms with E-state index in [9.17, 15) is 4.39 Å². The lowest BCUT2D eigenvalue weighted by atomic mass is 10.1. The number of aromatic nitrogens is 2. The molecule has 0 N–H and O–H groups in total. The van der Waals surface area contributed by atoms with E-state index in [1.165, 1.54) is 31.5 Å². The molecule has 4 nitrogen and oxygen atoms in total. The first-order valence-electron chi connectivity index (χ1n) is 4.81. The van der Waals surface area contributed by atoms with Crippen molar-refractivity contribution in [2.75, 3.05) is 7.11 Å². The lowest BCUT2D eigenvalue weighted by Crippen LogP contribution is -1.94. The Kier molecular flexibility index (Phi) is 2.97. The molecule has 1 aromatic carbocycles. The molecule has 0 amide bonds. The molecular weight excluding hydrogens is 221 g/mol. The van der Waals surface area contributed by atoms with E-state index in [0.29, 0.717) is 17.0 Å². The van der Waals surface area contributed by atoms with Gasteiger partial charge in [-0.25, -0.2) is 14.4 Å². The van der Waals surface area contributed by atoms with Gasteiger partial charge >= 0.3 is 0 Å². The molecule has 5 heteroatoms. The molecule has 0 aliphatic heterocycles. The van der Waals surface area contributed by atoms with Crippen LogP contribution in [0.5, 0.6) is 5.75 Å². The number of hydrogen-bond acceptors (Lipinski definition) is 4. The van der Waals surface area contributed by atoms with Crippen LogP contribution in [0.2, 0.25) is 0 Å². The van der Waals surface area contributed by atoms with Gasteiger partial charge in [0.2, 0.25) is 5.82 Å². The zero-order valence-corrected chi connectivity index (χ0v) is 9.01. The third-order valence-corrected chi connectivity index (χ3v) is 2.19. The van der Waals surface area contributed by atoms with Crippen LogP contribution in [0.3, 0.4) is 0 Å². The molecule has 0 spiro atoms. The van der Waals surface area contributed by atoms with Crippen LogP contribution in [0.1, 0.15) is 5.82 Å². The third kappa shape index (κ3) is 2.21. The lowest BCUT2D eigenvalue weighted by molar-refractivity contribution is 0.415. The van der Waals surface area contributed by atoms with E-state index < -0.39 is 5.82 Å². The molecular formula is C12H8FN3O. The molecule has 0 bridgehead atoms. The molecule has 0 saturated heterocycles. The summed E-state index contributed by atoms with van der Waals surface area (Å²) in [5, 5.41) is 8.71. The van der Waals surface area contributed by atoms with Gasteiger partial charge in [0, 0.05) is 11.8 Å². The number of ether oxygens (including phenoxy) is 1. The van der Waals surface area contributed by atoms with Crippen LogP contribution in [-0.4, -0.2) is 17.1 Å². The van der Waals surface area contributed by atoms with Crippen molar-refractivity contribution in [1.82, 2.24) is 9.97 Å². The summed E-state index contributed by atoms with van der Waals surface area (Å²) in [4.78, 5) is 7.75. The summed E-state index contributed by atoms with van der Waals surface area (Å²) in [6.07, 6.45) is 1.45. The van der Waals surface area contributed by atoms with E-state index in [-0.39, 0.29) is 5.82 Å². The van der Waals surface area contributed by atoms with Gasteiger partial charge in [0.25, 0.3) is 0 Å². The molecule has 0 radical (unpaired) electrons. The van der Waals surface area contributed by atoms with Gasteiger partial charge in [-0.2, -0.15) is 5.26 Å². The van der Waals surface area contributed by atoms with Gasteiger partial charge in [0.05, 0.1) is 12.8 Å². The summed E-state index contributed by atoms with van der Waals surface area (Å²) >= 11 is 0. The fourth-order valence-electron chi connectivity index (χ4n) is 1.44. The Morgan fingerprint density at radius 2 is 2.18 bits per heavy atom. The molecule has 1 heterocycles. The van der Waals surface area contributed by atoms with Gasteiger partial charge in [-0.1, -0.05) is 0 Å². The highest BCUT2D eigenvalue weighted by molar-refractivity contribution is 5.67. The lowest BCUT2D eigenvalue weighted by Gasteiger charge is -2.07. The van der Waals surface area contributed by atoms with Crippen molar-refractivity contribution >= 4 is 0 Å². The van der Waals surface area contributed by atoms with Crippen molar-refractivity contribution in [2.24, 2.45) is 0 Å². The molecule has 0 fully saturated rings. The number of hydrogen-bond donors (Lipinski definition) is 0. The minimum Gasteiger partial charge on any atom is -0.496 e. The van der Waals surface area contributed by atoms with Gasteiger partial charge in [-0.3, -0.25) is 0 Å². The van der Waals surface area contributed by atoms with Crippen LogP contribution in [0.4, 0.5) is 4.39 Å². The fraction of sp³-hybridized carbons (Fsp3) is 0.0833. The van der Waals surface area contributed by atoms with Crippen LogP contribution in [0, 0.1) is 17.1 Å². The van der Waals surface area contributed by atoms with E-state index in [4.69, 9.17) is 10.00 Å². The Morgan fingerprint density at radius 1 is 1.35 bits per heavy atom. The van der Waals surface area contributed by atoms with Crippen molar-refractivity contribution in [1.29, 1.82) is 5.26 Å². The molecule has 0 atom stereocenters. The monoisotopic (exact) mass is 229 g/mol. The maximum Gasteiger partial charge on any atom is 0.232 e. The van der Waals surface area contributed by atoms with Gasteiger partial charge in [0.1, 0.15) is 17.6 Å². The molecule has 84 valence electrons. The molecule has 0 aliphatic carbocycles. The summed E-state index contributed by atoms with van der Waals surface area (Å²) in [7, 11) is 1.49. The zero-order valence-electron chi connectivity index (χ0n) is 9.01. The van der Waals surface area contributed by atoms with E-state index >= 15 is 0 Å². The summed E-state index contributed by atoms with van der Waals surface area (Å²) in [6, 6.07) is 7.55. The standard InChI is InChI=1S/C12H8FN3O/c1-17-11-3-2-8(13)6-9(11)10-4-5-15-12(7-14)16-10/h2-6H,1H3. The number of nitriles is 1. The first-order valence-corrected chi connectivity index (χ1v) is 4.81. The average Bonchev–Trinajstić information content (AvgIpc) is 2.39. The summed E-state index contributed by atoms with van der Waals surface area (Å²) < 4.78 is 18.3. The second-order valence-corrected chi connectivity index (χ2v) is 3.22. The SMILES string of the molecule is COc1ccc(F)cc1-c1ccnc(C#N)n1. The summed E-state index contributed by atoms with van der Waals surface area (Å²) in [6.45, 7) is 0. The first kappa shape index (κ1) is 11.0. The molecule has 2 aromatic rings. The topological polar surface area (TPSA) is 58.8 Å². The quantitative estimate of drug-likeness (QED) is 0.791. The highest BCUT2D eigenvalue weighted by atomic mass is 19.1. The van der Waals surface area contributed by atoms with Crippen molar-refractivity contribution in [3.05, 3.63) is 42.1 Å². The average molecular weight is 229 g/mol. The van der Waals surface area contributed by atoms with Crippen LogP contribution < -0.4 is 4.74 Å². The molecule has 2 rings (SSSR count). The van der Waals surface area contributed by atoms with Crippen molar-refractivity contribution in [3.8, 4) is 23.1 Å². The number of halogens is 1. The van der Waals surface area contributed by atoms with Crippen LogP contribution >= 0.6 is 0 Å². The molecule has 1 aromatic heterocycles. The first-order chi connectivity index (χ1) is 8.24. The molecule has 0 aliphatic rings. The van der Waals surface area contributed by atoms with Crippen LogP contribution in [0.15, 0.2) is 30.5 Å². The van der Waals surface area contributed by atoms with Gasteiger partial charge in [-0.15, -0.1) is 0 Å². The third-order valence-electron chi connectivity index (χ3n) is 2.19. The Bertz CT molecular complexity index is 593. The maximum atomic E-state index is 13.2. The predicted molar refractivity (Wildman–Crippen MR) is 58.7 cm³/mol. The predicted octanol–water partition coefficient (Wildman–Crippen LogP) is 2.16. The smallest absolute Gasteiger partial charge is 0.232 e. The van der Waals surface area contributed by atoms with Crippen molar-refractivity contribution in [2.45, 2.75) is 0 Å². The summed E-state index contributed by atoms with van der Waals surface area (Å²) in [5.41, 5.74) is 0.944. The number of rotatable bonds is 2. The Balaban J connectivity index is 2.59. The van der Waals surface area contributed by atoms with E-state index in [1.807, 2.05) is 6.07 Å².